The summed E-state index contributed by atoms with van der Waals surface area (Å²) in [5.41, 5.74) is 2.62. The van der Waals surface area contributed by atoms with Gasteiger partial charge in [-0.2, -0.15) is 0 Å². The molecule has 0 aliphatic carbocycles. The number of likely N-dealkylation sites (N-methyl/N-ethyl adjacent to an activating group) is 1. The first-order chi connectivity index (χ1) is 10.2. The summed E-state index contributed by atoms with van der Waals surface area (Å²) in [6, 6.07) is 5.70. The molecular weight excluding hydrogens is 288 g/mol. The molecule has 0 spiro atoms. The van der Waals surface area contributed by atoms with Crippen molar-refractivity contribution < 1.29 is 0 Å². The molecule has 6 nitrogen and oxygen atoms in total. The first kappa shape index (κ1) is 12.8. The monoisotopic (exact) mass is 302 g/mol. The molecule has 3 heterocycles. The Labute approximate surface area is 127 Å². The van der Waals surface area contributed by atoms with Gasteiger partial charge in [0.15, 0.2) is 5.82 Å². The van der Waals surface area contributed by atoms with Crippen LogP contribution in [-0.2, 0) is 0 Å². The number of piperazine rings is 1. The maximum atomic E-state index is 6.09. The lowest BCUT2D eigenvalue weighted by atomic mass is 10.3. The molecule has 0 N–H and O–H groups in total. The Kier molecular flexibility index (Phi) is 2.94. The molecule has 0 bridgehead atoms. The van der Waals surface area contributed by atoms with E-state index in [1.807, 2.05) is 22.6 Å². The second-order valence-electron chi connectivity index (χ2n) is 5.38. The van der Waals surface area contributed by atoms with E-state index >= 15 is 0 Å². The fraction of sp³-hybridized carbons (Fsp3) is 0.357. The SMILES string of the molecule is CN1CCN(c2nc3ccc(Cl)cc3n3cnnc23)CC1. The first-order valence-corrected chi connectivity index (χ1v) is 7.33. The number of anilines is 1. The van der Waals surface area contributed by atoms with Gasteiger partial charge in [-0.05, 0) is 25.2 Å². The molecular formula is C14H15ClN6. The molecule has 2 aromatic heterocycles. The molecule has 0 radical (unpaired) electrons. The van der Waals surface area contributed by atoms with Crippen LogP contribution in [0, 0.1) is 0 Å². The molecule has 1 fully saturated rings. The molecule has 1 aliphatic rings. The lowest BCUT2D eigenvalue weighted by Crippen LogP contribution is -2.45. The van der Waals surface area contributed by atoms with Crippen LogP contribution in [0.2, 0.25) is 5.02 Å². The molecule has 0 saturated carbocycles. The van der Waals surface area contributed by atoms with E-state index in [1.54, 1.807) is 6.33 Å². The van der Waals surface area contributed by atoms with E-state index in [0.717, 1.165) is 48.7 Å². The number of hydrogen-bond acceptors (Lipinski definition) is 5. The van der Waals surface area contributed by atoms with Gasteiger partial charge in [0.25, 0.3) is 0 Å². The Hall–Kier alpha value is -1.92. The molecule has 0 amide bonds. The second-order valence-corrected chi connectivity index (χ2v) is 5.82. The minimum atomic E-state index is 0.687. The Balaban J connectivity index is 1.91. The number of aromatic nitrogens is 4. The molecule has 108 valence electrons. The fourth-order valence-corrected chi connectivity index (χ4v) is 2.91. The smallest absolute Gasteiger partial charge is 0.204 e. The molecule has 1 aliphatic heterocycles. The Morgan fingerprint density at radius 3 is 2.76 bits per heavy atom. The third-order valence-electron chi connectivity index (χ3n) is 3.97. The van der Waals surface area contributed by atoms with Gasteiger partial charge >= 0.3 is 0 Å². The summed E-state index contributed by atoms with van der Waals surface area (Å²) in [6.07, 6.45) is 1.72. The van der Waals surface area contributed by atoms with Crippen molar-refractivity contribution in [1.82, 2.24) is 24.5 Å². The number of rotatable bonds is 1. The third kappa shape index (κ3) is 2.11. The maximum Gasteiger partial charge on any atom is 0.204 e. The van der Waals surface area contributed by atoms with Gasteiger partial charge in [0.2, 0.25) is 5.65 Å². The van der Waals surface area contributed by atoms with Crippen molar-refractivity contribution in [3.05, 3.63) is 29.5 Å². The molecule has 0 unspecified atom stereocenters. The molecule has 3 aromatic rings. The largest absolute Gasteiger partial charge is 0.351 e. The Morgan fingerprint density at radius 1 is 1.14 bits per heavy atom. The van der Waals surface area contributed by atoms with Crippen LogP contribution in [0.3, 0.4) is 0 Å². The fourth-order valence-electron chi connectivity index (χ4n) is 2.74. The van der Waals surface area contributed by atoms with Gasteiger partial charge in [0.05, 0.1) is 11.0 Å². The quantitative estimate of drug-likeness (QED) is 0.684. The Morgan fingerprint density at radius 2 is 1.95 bits per heavy atom. The summed E-state index contributed by atoms with van der Waals surface area (Å²) < 4.78 is 1.96. The molecule has 4 rings (SSSR count). The average Bonchev–Trinajstić information content (AvgIpc) is 2.97. The van der Waals surface area contributed by atoms with Crippen molar-refractivity contribution >= 4 is 34.1 Å². The van der Waals surface area contributed by atoms with Crippen molar-refractivity contribution in [2.75, 3.05) is 38.1 Å². The van der Waals surface area contributed by atoms with Crippen LogP contribution in [0.4, 0.5) is 5.82 Å². The van der Waals surface area contributed by atoms with Crippen LogP contribution in [-0.4, -0.2) is 57.7 Å². The van der Waals surface area contributed by atoms with Gasteiger partial charge < -0.3 is 9.80 Å². The third-order valence-corrected chi connectivity index (χ3v) is 4.21. The second kappa shape index (κ2) is 4.82. The zero-order valence-electron chi connectivity index (χ0n) is 11.7. The first-order valence-electron chi connectivity index (χ1n) is 6.95. The van der Waals surface area contributed by atoms with Crippen LogP contribution >= 0.6 is 11.6 Å². The summed E-state index contributed by atoms with van der Waals surface area (Å²) in [5.74, 6) is 0.899. The summed E-state index contributed by atoms with van der Waals surface area (Å²) in [4.78, 5) is 9.38. The molecule has 21 heavy (non-hydrogen) atoms. The lowest BCUT2D eigenvalue weighted by molar-refractivity contribution is 0.312. The van der Waals surface area contributed by atoms with E-state index in [0.29, 0.717) is 5.02 Å². The highest BCUT2D eigenvalue weighted by atomic mass is 35.5. The minimum absolute atomic E-state index is 0.687. The van der Waals surface area contributed by atoms with Crippen LogP contribution in [0.1, 0.15) is 0 Å². The van der Waals surface area contributed by atoms with E-state index in [-0.39, 0.29) is 0 Å². The predicted molar refractivity (Wildman–Crippen MR) is 83.0 cm³/mol. The minimum Gasteiger partial charge on any atom is -0.351 e. The van der Waals surface area contributed by atoms with E-state index in [9.17, 15) is 0 Å². The van der Waals surface area contributed by atoms with E-state index in [4.69, 9.17) is 16.6 Å². The van der Waals surface area contributed by atoms with E-state index in [2.05, 4.69) is 27.0 Å². The summed E-state index contributed by atoms with van der Waals surface area (Å²) >= 11 is 6.09. The van der Waals surface area contributed by atoms with Gasteiger partial charge in [-0.3, -0.25) is 4.40 Å². The lowest BCUT2D eigenvalue weighted by Gasteiger charge is -2.33. The van der Waals surface area contributed by atoms with Gasteiger partial charge in [-0.15, -0.1) is 10.2 Å². The van der Waals surface area contributed by atoms with Crippen LogP contribution in [0.25, 0.3) is 16.7 Å². The average molecular weight is 303 g/mol. The van der Waals surface area contributed by atoms with Gasteiger partial charge in [0.1, 0.15) is 6.33 Å². The number of hydrogen-bond donors (Lipinski definition) is 0. The van der Waals surface area contributed by atoms with Crippen LogP contribution in [0.15, 0.2) is 24.5 Å². The van der Waals surface area contributed by atoms with Crippen molar-refractivity contribution in [2.45, 2.75) is 0 Å². The number of fused-ring (bicyclic) bond motifs is 3. The molecule has 1 aromatic carbocycles. The van der Waals surface area contributed by atoms with Crippen molar-refractivity contribution in [3.63, 3.8) is 0 Å². The summed E-state index contributed by atoms with van der Waals surface area (Å²) in [6.45, 7) is 3.96. The molecule has 0 atom stereocenters. The van der Waals surface area contributed by atoms with Crippen LogP contribution < -0.4 is 4.90 Å². The normalized spacial score (nSPS) is 17.0. The van der Waals surface area contributed by atoms with E-state index in [1.165, 1.54) is 0 Å². The number of halogens is 1. The number of benzene rings is 1. The summed E-state index contributed by atoms with van der Waals surface area (Å²) in [5, 5.41) is 8.98. The van der Waals surface area contributed by atoms with Gasteiger partial charge in [0, 0.05) is 31.2 Å². The zero-order valence-corrected chi connectivity index (χ0v) is 12.5. The topological polar surface area (TPSA) is 49.6 Å². The Bertz CT molecular complexity index is 806. The maximum absolute atomic E-state index is 6.09. The predicted octanol–water partition coefficient (Wildman–Crippen LogP) is 1.68. The highest BCUT2D eigenvalue weighted by Gasteiger charge is 2.20. The van der Waals surface area contributed by atoms with Gasteiger partial charge in [-0.25, -0.2) is 4.98 Å². The number of nitrogens with zero attached hydrogens (tertiary/aromatic N) is 6. The van der Waals surface area contributed by atoms with Crippen LogP contribution in [0.5, 0.6) is 0 Å². The highest BCUT2D eigenvalue weighted by Crippen LogP contribution is 2.25. The van der Waals surface area contributed by atoms with E-state index < -0.39 is 0 Å². The van der Waals surface area contributed by atoms with Crippen molar-refractivity contribution in [3.8, 4) is 0 Å². The highest BCUT2D eigenvalue weighted by molar-refractivity contribution is 6.31. The van der Waals surface area contributed by atoms with Crippen molar-refractivity contribution in [1.29, 1.82) is 0 Å². The van der Waals surface area contributed by atoms with Crippen molar-refractivity contribution in [2.24, 2.45) is 0 Å². The molecule has 1 saturated heterocycles. The zero-order chi connectivity index (χ0) is 14.4. The van der Waals surface area contributed by atoms with Gasteiger partial charge in [-0.1, -0.05) is 11.6 Å². The molecule has 7 heteroatoms. The summed E-state index contributed by atoms with van der Waals surface area (Å²) in [7, 11) is 2.14. The standard InChI is InChI=1S/C14H15ClN6/c1-19-4-6-20(7-5-19)13-14-18-16-9-21(14)12-8-10(15)2-3-11(12)17-13/h2-3,8-9H,4-7H2,1H3.